The standard InChI is InChI=1S/C32H48N2O7/c1-20(2)12-14-33-28(35)17-23-19-32(30(37)40-9)21(3)41-27(31(4,5)6)18-26(32)34(29(23)36)15-13-22-10-11-24(38-7)25(16-22)39-8/h10-11,16,18,20-21,23,27H,12-15,17,19H2,1-9H3,(H,33,35)/t21-,23+,27-,32+/m1/s1. The number of benzene rings is 1. The Morgan fingerprint density at radius 1 is 1.15 bits per heavy atom. The second-order valence-corrected chi connectivity index (χ2v) is 12.6. The number of piperidine rings is 1. The van der Waals surface area contributed by atoms with Gasteiger partial charge in [-0.1, -0.05) is 40.7 Å². The molecule has 1 saturated heterocycles. The summed E-state index contributed by atoms with van der Waals surface area (Å²) in [6.07, 6.45) is 2.52. The molecular weight excluding hydrogens is 524 g/mol. The van der Waals surface area contributed by atoms with Crippen molar-refractivity contribution in [3.8, 4) is 11.5 Å². The van der Waals surface area contributed by atoms with Gasteiger partial charge in [0.25, 0.3) is 0 Å². The van der Waals surface area contributed by atoms with Crippen LogP contribution in [0.3, 0.4) is 0 Å². The van der Waals surface area contributed by atoms with Gasteiger partial charge in [0.2, 0.25) is 11.8 Å². The highest BCUT2D eigenvalue weighted by atomic mass is 16.5. The molecule has 3 rings (SSSR count). The molecule has 0 spiro atoms. The van der Waals surface area contributed by atoms with Crippen molar-refractivity contribution in [1.29, 1.82) is 0 Å². The lowest BCUT2D eigenvalue weighted by molar-refractivity contribution is -0.180. The molecule has 9 nitrogen and oxygen atoms in total. The van der Waals surface area contributed by atoms with Crippen LogP contribution in [0.5, 0.6) is 11.5 Å². The van der Waals surface area contributed by atoms with Crippen LogP contribution in [0, 0.1) is 22.7 Å². The summed E-state index contributed by atoms with van der Waals surface area (Å²) in [5, 5.41) is 2.95. The van der Waals surface area contributed by atoms with E-state index in [0.29, 0.717) is 42.6 Å². The normalized spacial score (nSPS) is 24.4. The van der Waals surface area contributed by atoms with Gasteiger partial charge in [-0.25, -0.2) is 0 Å². The predicted molar refractivity (Wildman–Crippen MR) is 156 cm³/mol. The zero-order valence-electron chi connectivity index (χ0n) is 26.2. The smallest absolute Gasteiger partial charge is 0.320 e. The Balaban J connectivity index is 2.02. The molecule has 0 aromatic heterocycles. The highest BCUT2D eigenvalue weighted by molar-refractivity contribution is 5.92. The fourth-order valence-electron chi connectivity index (χ4n) is 5.75. The van der Waals surface area contributed by atoms with E-state index in [-0.39, 0.29) is 36.2 Å². The number of fused-ring (bicyclic) bond motifs is 1. The van der Waals surface area contributed by atoms with Crippen LogP contribution in [-0.2, 0) is 30.3 Å². The van der Waals surface area contributed by atoms with Crippen LogP contribution in [-0.4, -0.2) is 69.3 Å². The fraction of sp³-hybridized carbons (Fsp3) is 0.656. The van der Waals surface area contributed by atoms with Crippen molar-refractivity contribution in [2.24, 2.45) is 22.7 Å². The third kappa shape index (κ3) is 7.05. The molecule has 2 aliphatic heterocycles. The summed E-state index contributed by atoms with van der Waals surface area (Å²) in [6, 6.07) is 5.65. The first-order chi connectivity index (χ1) is 19.3. The van der Waals surface area contributed by atoms with Crippen molar-refractivity contribution < 1.29 is 33.3 Å². The maximum atomic E-state index is 14.1. The summed E-state index contributed by atoms with van der Waals surface area (Å²) >= 11 is 0. The number of ether oxygens (including phenoxy) is 4. The molecule has 1 aromatic rings. The summed E-state index contributed by atoms with van der Waals surface area (Å²) < 4.78 is 22.6. The SMILES string of the molecule is COC(=O)[C@]12C[C@H](CC(=O)NCCC(C)C)C(=O)N(CCc3ccc(OC)c(OC)c3)C1=C[C@H](C(C)(C)C)O[C@@H]2C. The van der Waals surface area contributed by atoms with Gasteiger partial charge in [0.1, 0.15) is 5.41 Å². The molecule has 4 atom stereocenters. The van der Waals surface area contributed by atoms with Crippen molar-refractivity contribution in [1.82, 2.24) is 10.2 Å². The lowest BCUT2D eigenvalue weighted by Gasteiger charge is -2.53. The first-order valence-electron chi connectivity index (χ1n) is 14.5. The van der Waals surface area contributed by atoms with E-state index >= 15 is 0 Å². The summed E-state index contributed by atoms with van der Waals surface area (Å²) in [5.74, 6) is 0.134. The molecule has 2 heterocycles. The molecule has 1 fully saturated rings. The zero-order chi connectivity index (χ0) is 30.5. The quantitative estimate of drug-likeness (QED) is 0.389. The third-order valence-electron chi connectivity index (χ3n) is 8.24. The predicted octanol–water partition coefficient (Wildman–Crippen LogP) is 4.52. The number of carbonyl (C=O) groups is 3. The van der Waals surface area contributed by atoms with E-state index in [9.17, 15) is 14.4 Å². The van der Waals surface area contributed by atoms with E-state index in [1.165, 1.54) is 7.11 Å². The first kappa shape index (κ1) is 32.4. The molecule has 228 valence electrons. The second-order valence-electron chi connectivity index (χ2n) is 12.6. The number of likely N-dealkylation sites (tertiary alicyclic amines) is 1. The van der Waals surface area contributed by atoms with Gasteiger partial charge in [0.05, 0.1) is 33.5 Å². The van der Waals surface area contributed by atoms with Crippen LogP contribution in [0.15, 0.2) is 30.0 Å². The topological polar surface area (TPSA) is 103 Å². The van der Waals surface area contributed by atoms with E-state index in [4.69, 9.17) is 18.9 Å². The highest BCUT2D eigenvalue weighted by Gasteiger charge is 2.60. The molecule has 9 heteroatoms. The highest BCUT2D eigenvalue weighted by Crippen LogP contribution is 2.51. The van der Waals surface area contributed by atoms with Gasteiger partial charge in [0, 0.05) is 31.1 Å². The number of amides is 2. The third-order valence-corrected chi connectivity index (χ3v) is 8.24. The minimum absolute atomic E-state index is 0.00870. The Morgan fingerprint density at radius 2 is 1.83 bits per heavy atom. The van der Waals surface area contributed by atoms with Gasteiger partial charge in [-0.15, -0.1) is 0 Å². The van der Waals surface area contributed by atoms with Gasteiger partial charge in [-0.3, -0.25) is 14.4 Å². The average Bonchev–Trinajstić information content (AvgIpc) is 2.92. The Morgan fingerprint density at radius 3 is 2.41 bits per heavy atom. The molecule has 41 heavy (non-hydrogen) atoms. The molecule has 0 unspecified atom stereocenters. The Bertz CT molecular complexity index is 1140. The summed E-state index contributed by atoms with van der Waals surface area (Å²) in [7, 11) is 4.52. The van der Waals surface area contributed by atoms with Gasteiger partial charge >= 0.3 is 5.97 Å². The van der Waals surface area contributed by atoms with E-state index in [1.54, 1.807) is 19.1 Å². The molecule has 2 amide bonds. The maximum absolute atomic E-state index is 14.1. The van der Waals surface area contributed by atoms with Gasteiger partial charge < -0.3 is 29.2 Å². The number of carbonyl (C=O) groups excluding carboxylic acids is 3. The number of esters is 1. The lowest BCUT2D eigenvalue weighted by Crippen LogP contribution is -2.61. The molecule has 0 saturated carbocycles. The van der Waals surface area contributed by atoms with Crippen molar-refractivity contribution >= 4 is 17.8 Å². The lowest BCUT2D eigenvalue weighted by atomic mass is 9.65. The second kappa shape index (κ2) is 13.3. The van der Waals surface area contributed by atoms with Crippen LogP contribution in [0.25, 0.3) is 0 Å². The van der Waals surface area contributed by atoms with Gasteiger partial charge in [-0.2, -0.15) is 0 Å². The van der Waals surface area contributed by atoms with Crippen LogP contribution >= 0.6 is 0 Å². The van der Waals surface area contributed by atoms with E-state index in [1.807, 2.05) is 31.2 Å². The Hall–Kier alpha value is -3.07. The van der Waals surface area contributed by atoms with E-state index in [0.717, 1.165) is 12.0 Å². The van der Waals surface area contributed by atoms with Crippen LogP contribution in [0.4, 0.5) is 0 Å². The first-order valence-corrected chi connectivity index (χ1v) is 14.5. The van der Waals surface area contributed by atoms with E-state index in [2.05, 4.69) is 39.9 Å². The van der Waals surface area contributed by atoms with Crippen molar-refractivity contribution in [2.45, 2.75) is 79.4 Å². The zero-order valence-corrected chi connectivity index (χ0v) is 26.2. The molecule has 0 bridgehead atoms. The number of hydrogen-bond acceptors (Lipinski definition) is 7. The molecule has 1 N–H and O–H groups in total. The Labute approximate surface area is 244 Å². The summed E-state index contributed by atoms with van der Waals surface area (Å²) in [6.45, 7) is 13.1. The minimum atomic E-state index is -1.22. The molecule has 2 aliphatic rings. The number of nitrogens with one attached hydrogen (secondary N) is 1. The van der Waals surface area contributed by atoms with Gasteiger partial charge in [0.15, 0.2) is 11.5 Å². The van der Waals surface area contributed by atoms with Crippen molar-refractivity contribution in [3.63, 3.8) is 0 Å². The summed E-state index contributed by atoms with van der Waals surface area (Å²) in [4.78, 5) is 42.4. The van der Waals surface area contributed by atoms with Crippen LogP contribution in [0.2, 0.25) is 0 Å². The van der Waals surface area contributed by atoms with Crippen molar-refractivity contribution in [2.75, 3.05) is 34.4 Å². The molecule has 0 aliphatic carbocycles. The summed E-state index contributed by atoms with van der Waals surface area (Å²) in [5.41, 5.74) is 0.0605. The van der Waals surface area contributed by atoms with Crippen molar-refractivity contribution in [3.05, 3.63) is 35.5 Å². The van der Waals surface area contributed by atoms with Gasteiger partial charge in [-0.05, 0) is 61.3 Å². The Kier molecular flexibility index (Phi) is 10.5. The number of hydrogen-bond donors (Lipinski definition) is 1. The minimum Gasteiger partial charge on any atom is -0.493 e. The number of methoxy groups -OCH3 is 3. The van der Waals surface area contributed by atoms with Crippen LogP contribution in [0.1, 0.15) is 66.4 Å². The average molecular weight is 573 g/mol. The monoisotopic (exact) mass is 572 g/mol. The molecule has 0 radical (unpaired) electrons. The van der Waals surface area contributed by atoms with Crippen LogP contribution < -0.4 is 14.8 Å². The maximum Gasteiger partial charge on any atom is 0.320 e. The van der Waals surface area contributed by atoms with E-state index < -0.39 is 23.4 Å². The molecule has 1 aromatic carbocycles. The number of nitrogens with zero attached hydrogens (tertiary/aromatic N) is 1. The fourth-order valence-corrected chi connectivity index (χ4v) is 5.75. The number of rotatable bonds is 11. The molecular formula is C32H48N2O7. The largest absolute Gasteiger partial charge is 0.493 e.